The van der Waals surface area contributed by atoms with Crippen LogP contribution in [-0.2, 0) is 0 Å². The SMILES string of the molecule is COc1ccccc1C(=O)n1nc(N)c2cc(Cl)c(C3CC3)nc21. The van der Waals surface area contributed by atoms with Gasteiger partial charge in [0.1, 0.15) is 5.75 Å². The first-order valence-corrected chi connectivity index (χ1v) is 8.00. The standard InChI is InChI=1S/C17H15ClN4O2/c1-24-13-5-3-2-4-10(13)17(23)22-16-11(15(19)21-22)8-12(18)14(20-16)9-6-7-9/h2-5,8-9H,6-7H2,1H3,(H2,19,21). The summed E-state index contributed by atoms with van der Waals surface area (Å²) in [6.07, 6.45) is 2.12. The highest BCUT2D eigenvalue weighted by Gasteiger charge is 2.29. The van der Waals surface area contributed by atoms with E-state index < -0.39 is 0 Å². The number of ether oxygens (including phenoxy) is 1. The molecule has 7 heteroatoms. The highest BCUT2D eigenvalue weighted by atomic mass is 35.5. The quantitative estimate of drug-likeness (QED) is 0.790. The van der Waals surface area contributed by atoms with E-state index in [1.165, 1.54) is 11.8 Å². The number of benzene rings is 1. The van der Waals surface area contributed by atoms with Gasteiger partial charge >= 0.3 is 0 Å². The van der Waals surface area contributed by atoms with Crippen molar-refractivity contribution in [1.82, 2.24) is 14.8 Å². The molecule has 0 saturated heterocycles. The van der Waals surface area contributed by atoms with Crippen molar-refractivity contribution >= 4 is 34.4 Å². The molecule has 0 aliphatic heterocycles. The van der Waals surface area contributed by atoms with E-state index in [1.807, 2.05) is 0 Å². The molecule has 3 aromatic rings. The van der Waals surface area contributed by atoms with Gasteiger partial charge in [0.15, 0.2) is 11.5 Å². The molecule has 0 atom stereocenters. The topological polar surface area (TPSA) is 83.0 Å². The predicted molar refractivity (Wildman–Crippen MR) is 91.6 cm³/mol. The minimum atomic E-state index is -0.342. The number of nitrogen functional groups attached to an aromatic ring is 1. The summed E-state index contributed by atoms with van der Waals surface area (Å²) in [7, 11) is 1.52. The molecule has 1 aliphatic rings. The molecule has 2 aromatic heterocycles. The van der Waals surface area contributed by atoms with Gasteiger partial charge in [-0.15, -0.1) is 5.10 Å². The number of rotatable bonds is 3. The fourth-order valence-corrected chi connectivity index (χ4v) is 3.08. The van der Waals surface area contributed by atoms with Crippen LogP contribution in [0.4, 0.5) is 5.82 Å². The van der Waals surface area contributed by atoms with Gasteiger partial charge in [0.25, 0.3) is 5.91 Å². The van der Waals surface area contributed by atoms with Gasteiger partial charge in [-0.2, -0.15) is 4.68 Å². The lowest BCUT2D eigenvalue weighted by atomic mass is 10.2. The number of para-hydroxylation sites is 1. The molecule has 2 N–H and O–H groups in total. The van der Waals surface area contributed by atoms with Crippen molar-refractivity contribution in [2.45, 2.75) is 18.8 Å². The Balaban J connectivity index is 1.90. The highest BCUT2D eigenvalue weighted by molar-refractivity contribution is 6.32. The molecule has 2 heterocycles. The Morgan fingerprint density at radius 1 is 1.38 bits per heavy atom. The lowest BCUT2D eigenvalue weighted by Crippen LogP contribution is -2.15. The minimum absolute atomic E-state index is 0.227. The van der Waals surface area contributed by atoms with Crippen molar-refractivity contribution in [1.29, 1.82) is 0 Å². The molecule has 1 fully saturated rings. The second-order valence-electron chi connectivity index (χ2n) is 5.80. The first-order chi connectivity index (χ1) is 11.6. The zero-order chi connectivity index (χ0) is 16.8. The predicted octanol–water partition coefficient (Wildman–Crippen LogP) is 3.24. The number of anilines is 1. The van der Waals surface area contributed by atoms with Crippen LogP contribution in [0.5, 0.6) is 5.75 Å². The molecule has 0 radical (unpaired) electrons. The smallest absolute Gasteiger partial charge is 0.283 e. The van der Waals surface area contributed by atoms with Crippen LogP contribution in [0.15, 0.2) is 30.3 Å². The third-order valence-electron chi connectivity index (χ3n) is 4.16. The number of nitrogens with two attached hydrogens (primary N) is 1. The number of nitrogens with zero attached hydrogens (tertiary/aromatic N) is 3. The van der Waals surface area contributed by atoms with Gasteiger partial charge in [-0.25, -0.2) is 4.98 Å². The van der Waals surface area contributed by atoms with Crippen LogP contribution < -0.4 is 10.5 Å². The average Bonchev–Trinajstić information content (AvgIpc) is 3.39. The molecule has 1 aliphatic carbocycles. The maximum absolute atomic E-state index is 12.9. The maximum atomic E-state index is 12.9. The zero-order valence-corrected chi connectivity index (χ0v) is 13.7. The van der Waals surface area contributed by atoms with Crippen LogP contribution >= 0.6 is 11.6 Å². The molecule has 0 bridgehead atoms. The Morgan fingerprint density at radius 2 is 2.12 bits per heavy atom. The monoisotopic (exact) mass is 342 g/mol. The van der Waals surface area contributed by atoms with Crippen molar-refractivity contribution in [2.75, 3.05) is 12.8 Å². The summed E-state index contributed by atoms with van der Waals surface area (Å²) >= 11 is 6.30. The normalized spacial score (nSPS) is 14.1. The highest BCUT2D eigenvalue weighted by Crippen LogP contribution is 2.43. The van der Waals surface area contributed by atoms with Gasteiger partial charge in [0, 0.05) is 5.92 Å². The van der Waals surface area contributed by atoms with Gasteiger partial charge in [0.2, 0.25) is 0 Å². The Labute approximate surface area is 143 Å². The van der Waals surface area contributed by atoms with E-state index >= 15 is 0 Å². The molecule has 0 spiro atoms. The van der Waals surface area contributed by atoms with Crippen molar-refractivity contribution in [3.63, 3.8) is 0 Å². The van der Waals surface area contributed by atoms with E-state index in [2.05, 4.69) is 10.1 Å². The van der Waals surface area contributed by atoms with Crippen LogP contribution in [0.3, 0.4) is 0 Å². The Kier molecular flexibility index (Phi) is 3.42. The molecular formula is C17H15ClN4O2. The Hall–Kier alpha value is -2.60. The largest absolute Gasteiger partial charge is 0.496 e. The molecule has 0 unspecified atom stereocenters. The fraction of sp³-hybridized carbons (Fsp3) is 0.235. The molecule has 1 aromatic carbocycles. The van der Waals surface area contributed by atoms with Crippen LogP contribution in [0.25, 0.3) is 11.0 Å². The van der Waals surface area contributed by atoms with Crippen LogP contribution in [0, 0.1) is 0 Å². The van der Waals surface area contributed by atoms with Gasteiger partial charge < -0.3 is 10.5 Å². The fourth-order valence-electron chi connectivity index (χ4n) is 2.77. The summed E-state index contributed by atoms with van der Waals surface area (Å²) in [5.74, 6) is 0.713. The summed E-state index contributed by atoms with van der Waals surface area (Å²) in [5, 5.41) is 5.32. The molecule has 24 heavy (non-hydrogen) atoms. The first-order valence-electron chi connectivity index (χ1n) is 7.62. The average molecular weight is 343 g/mol. The summed E-state index contributed by atoms with van der Waals surface area (Å²) in [4.78, 5) is 17.5. The lowest BCUT2D eigenvalue weighted by Gasteiger charge is -2.08. The molecule has 1 saturated carbocycles. The van der Waals surface area contributed by atoms with E-state index in [9.17, 15) is 4.79 Å². The number of halogens is 1. The molecular weight excluding hydrogens is 328 g/mol. The van der Waals surface area contributed by atoms with Crippen LogP contribution in [-0.4, -0.2) is 27.8 Å². The van der Waals surface area contributed by atoms with Gasteiger partial charge in [-0.1, -0.05) is 23.7 Å². The first kappa shape index (κ1) is 15.0. The number of hydrogen-bond donors (Lipinski definition) is 1. The second-order valence-corrected chi connectivity index (χ2v) is 6.21. The molecule has 122 valence electrons. The number of fused-ring (bicyclic) bond motifs is 1. The summed E-state index contributed by atoms with van der Waals surface area (Å²) in [6.45, 7) is 0. The zero-order valence-electron chi connectivity index (χ0n) is 13.0. The van der Waals surface area contributed by atoms with Gasteiger partial charge in [0.05, 0.1) is 28.8 Å². The lowest BCUT2D eigenvalue weighted by molar-refractivity contribution is 0.0947. The number of aromatic nitrogens is 3. The van der Waals surface area contributed by atoms with Gasteiger partial charge in [-0.05, 0) is 31.0 Å². The third-order valence-corrected chi connectivity index (χ3v) is 4.46. The van der Waals surface area contributed by atoms with Crippen molar-refractivity contribution in [3.05, 3.63) is 46.6 Å². The van der Waals surface area contributed by atoms with Crippen molar-refractivity contribution in [3.8, 4) is 5.75 Å². The van der Waals surface area contributed by atoms with E-state index in [0.29, 0.717) is 33.3 Å². The Bertz CT molecular complexity index is 963. The van der Waals surface area contributed by atoms with Crippen molar-refractivity contribution in [2.24, 2.45) is 0 Å². The Morgan fingerprint density at radius 3 is 2.83 bits per heavy atom. The number of carbonyl (C=O) groups excluding carboxylic acids is 1. The van der Waals surface area contributed by atoms with E-state index in [-0.39, 0.29) is 11.7 Å². The minimum Gasteiger partial charge on any atom is -0.496 e. The number of carbonyl (C=O) groups is 1. The maximum Gasteiger partial charge on any atom is 0.283 e. The van der Waals surface area contributed by atoms with E-state index in [0.717, 1.165) is 18.5 Å². The second kappa shape index (κ2) is 5.49. The van der Waals surface area contributed by atoms with E-state index in [4.69, 9.17) is 22.1 Å². The summed E-state index contributed by atoms with van der Waals surface area (Å²) in [5.41, 5.74) is 7.59. The summed E-state index contributed by atoms with van der Waals surface area (Å²) < 4.78 is 6.49. The van der Waals surface area contributed by atoms with E-state index in [1.54, 1.807) is 30.3 Å². The van der Waals surface area contributed by atoms with Crippen LogP contribution in [0.1, 0.15) is 34.8 Å². The van der Waals surface area contributed by atoms with Crippen molar-refractivity contribution < 1.29 is 9.53 Å². The number of methoxy groups -OCH3 is 1. The molecule has 4 rings (SSSR count). The molecule has 6 nitrogen and oxygen atoms in total. The number of hydrogen-bond acceptors (Lipinski definition) is 5. The van der Waals surface area contributed by atoms with Crippen LogP contribution in [0.2, 0.25) is 5.02 Å². The summed E-state index contributed by atoms with van der Waals surface area (Å²) in [6, 6.07) is 8.72. The number of pyridine rings is 1. The molecule has 0 amide bonds. The van der Waals surface area contributed by atoms with Gasteiger partial charge in [-0.3, -0.25) is 4.79 Å². The third kappa shape index (κ3) is 2.30.